The minimum atomic E-state index is -0.357. The van der Waals surface area contributed by atoms with Crippen LogP contribution in [0.1, 0.15) is 11.1 Å². The van der Waals surface area contributed by atoms with Crippen molar-refractivity contribution in [2.75, 3.05) is 12.4 Å². The summed E-state index contributed by atoms with van der Waals surface area (Å²) in [6.45, 7) is 0.378. The molecule has 0 unspecified atom stereocenters. The molecule has 0 spiro atoms. The average molecular weight is 412 g/mol. The van der Waals surface area contributed by atoms with Crippen LogP contribution in [0.3, 0.4) is 0 Å². The topological polar surface area (TPSA) is 47.6 Å². The fourth-order valence-electron chi connectivity index (χ4n) is 2.54. The second-order valence-corrected chi connectivity index (χ2v) is 6.59. The fourth-order valence-corrected chi connectivity index (χ4v) is 2.66. The van der Waals surface area contributed by atoms with Gasteiger partial charge < -0.3 is 14.8 Å². The number of methoxy groups -OCH3 is 1. The first-order chi connectivity index (χ1) is 14.0. The van der Waals surface area contributed by atoms with E-state index in [-0.39, 0.29) is 11.7 Å². The predicted octanol–water partition coefficient (Wildman–Crippen LogP) is 5.72. The van der Waals surface area contributed by atoms with Crippen molar-refractivity contribution in [3.8, 4) is 11.5 Å². The van der Waals surface area contributed by atoms with E-state index in [1.54, 1.807) is 25.3 Å². The zero-order valence-electron chi connectivity index (χ0n) is 15.7. The fraction of sp³-hybridized carbons (Fsp3) is 0.0870. The number of amides is 1. The van der Waals surface area contributed by atoms with E-state index in [0.717, 1.165) is 11.1 Å². The molecule has 0 saturated carbocycles. The van der Waals surface area contributed by atoms with Crippen LogP contribution in [0.25, 0.3) is 6.08 Å². The Kier molecular flexibility index (Phi) is 6.87. The van der Waals surface area contributed by atoms with E-state index in [1.165, 1.54) is 30.3 Å². The third kappa shape index (κ3) is 6.09. The van der Waals surface area contributed by atoms with Crippen LogP contribution >= 0.6 is 11.6 Å². The SMILES string of the molecule is COc1cc(C=CC(=O)Nc2ccc(F)cc2)ccc1OCc1ccc(Cl)cc1. The van der Waals surface area contributed by atoms with Crippen LogP contribution in [0.4, 0.5) is 10.1 Å². The zero-order valence-corrected chi connectivity index (χ0v) is 16.4. The molecule has 4 nitrogen and oxygen atoms in total. The number of carbonyl (C=O) groups is 1. The Bertz CT molecular complexity index is 1000. The van der Waals surface area contributed by atoms with Gasteiger partial charge in [0.05, 0.1) is 7.11 Å². The number of hydrogen-bond acceptors (Lipinski definition) is 3. The normalized spacial score (nSPS) is 10.7. The molecule has 0 saturated heterocycles. The molecular weight excluding hydrogens is 393 g/mol. The molecule has 0 aliphatic carbocycles. The van der Waals surface area contributed by atoms with Crippen molar-refractivity contribution in [1.82, 2.24) is 0 Å². The molecule has 0 aliphatic rings. The number of nitrogens with one attached hydrogen (secondary N) is 1. The van der Waals surface area contributed by atoms with Gasteiger partial charge in [-0.25, -0.2) is 4.39 Å². The molecule has 1 N–H and O–H groups in total. The van der Waals surface area contributed by atoms with Crippen LogP contribution in [0.15, 0.2) is 72.8 Å². The maximum Gasteiger partial charge on any atom is 0.248 e. The van der Waals surface area contributed by atoms with Gasteiger partial charge >= 0.3 is 0 Å². The average Bonchev–Trinajstić information content (AvgIpc) is 2.74. The maximum atomic E-state index is 12.9. The Hall–Kier alpha value is -3.31. The number of anilines is 1. The summed E-state index contributed by atoms with van der Waals surface area (Å²) in [6, 6.07) is 18.3. The van der Waals surface area contributed by atoms with Crippen molar-refractivity contribution in [3.05, 3.63) is 94.8 Å². The van der Waals surface area contributed by atoms with Gasteiger partial charge in [0, 0.05) is 16.8 Å². The van der Waals surface area contributed by atoms with Crippen molar-refractivity contribution in [1.29, 1.82) is 0 Å². The van der Waals surface area contributed by atoms with E-state index in [4.69, 9.17) is 21.1 Å². The second-order valence-electron chi connectivity index (χ2n) is 6.15. The number of carbonyl (C=O) groups excluding carboxylic acids is 1. The van der Waals surface area contributed by atoms with E-state index in [1.807, 2.05) is 30.3 Å². The van der Waals surface area contributed by atoms with Crippen molar-refractivity contribution < 1.29 is 18.7 Å². The molecule has 1 amide bonds. The molecule has 3 aromatic carbocycles. The summed E-state index contributed by atoms with van der Waals surface area (Å²) < 4.78 is 24.1. The summed E-state index contributed by atoms with van der Waals surface area (Å²) in [5.74, 6) is 0.470. The predicted molar refractivity (Wildman–Crippen MR) is 113 cm³/mol. The largest absolute Gasteiger partial charge is 0.493 e. The zero-order chi connectivity index (χ0) is 20.6. The Morgan fingerprint density at radius 3 is 2.45 bits per heavy atom. The summed E-state index contributed by atoms with van der Waals surface area (Å²) in [5.41, 5.74) is 2.28. The molecule has 0 radical (unpaired) electrons. The minimum Gasteiger partial charge on any atom is -0.493 e. The van der Waals surface area contributed by atoms with Crippen LogP contribution in [0.5, 0.6) is 11.5 Å². The third-order valence-electron chi connectivity index (χ3n) is 4.03. The minimum absolute atomic E-state index is 0.321. The smallest absolute Gasteiger partial charge is 0.248 e. The van der Waals surface area contributed by atoms with E-state index < -0.39 is 0 Å². The lowest BCUT2D eigenvalue weighted by Crippen LogP contribution is -2.07. The first kappa shape index (κ1) is 20.4. The summed E-state index contributed by atoms with van der Waals surface area (Å²) in [6.07, 6.45) is 3.05. The first-order valence-electron chi connectivity index (χ1n) is 8.83. The molecule has 0 aromatic heterocycles. The number of ether oxygens (including phenoxy) is 2. The van der Waals surface area contributed by atoms with Crippen LogP contribution in [0, 0.1) is 5.82 Å². The lowest BCUT2D eigenvalue weighted by atomic mass is 10.2. The Labute approximate surface area is 173 Å². The Balaban J connectivity index is 1.62. The lowest BCUT2D eigenvalue weighted by Gasteiger charge is -2.11. The third-order valence-corrected chi connectivity index (χ3v) is 4.29. The number of halogens is 2. The molecule has 3 aromatic rings. The molecule has 29 heavy (non-hydrogen) atoms. The van der Waals surface area contributed by atoms with Gasteiger partial charge in [-0.15, -0.1) is 0 Å². The monoisotopic (exact) mass is 411 g/mol. The number of hydrogen-bond donors (Lipinski definition) is 1. The Morgan fingerprint density at radius 2 is 1.76 bits per heavy atom. The molecule has 0 bridgehead atoms. The van der Waals surface area contributed by atoms with Gasteiger partial charge in [0.25, 0.3) is 0 Å². The molecular formula is C23H19ClFNO3. The van der Waals surface area contributed by atoms with E-state index in [2.05, 4.69) is 5.32 Å². The summed E-state index contributed by atoms with van der Waals surface area (Å²) in [4.78, 5) is 12.0. The van der Waals surface area contributed by atoms with Crippen LogP contribution in [-0.4, -0.2) is 13.0 Å². The quantitative estimate of drug-likeness (QED) is 0.506. The molecule has 0 aliphatic heterocycles. The Morgan fingerprint density at radius 1 is 1.03 bits per heavy atom. The van der Waals surface area contributed by atoms with Gasteiger partial charge in [0.2, 0.25) is 5.91 Å². The van der Waals surface area contributed by atoms with Crippen molar-refractivity contribution in [3.63, 3.8) is 0 Å². The summed E-state index contributed by atoms with van der Waals surface area (Å²) in [5, 5.41) is 3.34. The lowest BCUT2D eigenvalue weighted by molar-refractivity contribution is -0.111. The number of rotatable bonds is 7. The second kappa shape index (κ2) is 9.75. The van der Waals surface area contributed by atoms with Crippen LogP contribution in [0.2, 0.25) is 5.02 Å². The van der Waals surface area contributed by atoms with Crippen molar-refractivity contribution in [2.45, 2.75) is 6.61 Å². The molecule has 0 fully saturated rings. The molecule has 6 heteroatoms. The standard InChI is InChI=1S/C23H19ClFNO3/c1-28-22-14-16(5-13-23(27)26-20-10-8-19(25)9-11-20)4-12-21(22)29-15-17-2-6-18(24)7-3-17/h2-14H,15H2,1H3,(H,26,27). The van der Waals surface area contributed by atoms with Gasteiger partial charge in [0.15, 0.2) is 11.5 Å². The summed E-state index contributed by atoms with van der Waals surface area (Å²) in [7, 11) is 1.55. The highest BCUT2D eigenvalue weighted by atomic mass is 35.5. The molecule has 148 valence electrons. The van der Waals surface area contributed by atoms with Gasteiger partial charge in [-0.2, -0.15) is 0 Å². The van der Waals surface area contributed by atoms with E-state index >= 15 is 0 Å². The van der Waals surface area contributed by atoms with Crippen LogP contribution in [-0.2, 0) is 11.4 Å². The molecule has 0 atom stereocenters. The molecule has 0 heterocycles. The highest BCUT2D eigenvalue weighted by Crippen LogP contribution is 2.29. The molecule has 3 rings (SSSR count). The highest BCUT2D eigenvalue weighted by Gasteiger charge is 2.06. The van der Waals surface area contributed by atoms with Crippen molar-refractivity contribution in [2.24, 2.45) is 0 Å². The van der Waals surface area contributed by atoms with Gasteiger partial charge in [0.1, 0.15) is 12.4 Å². The highest BCUT2D eigenvalue weighted by molar-refractivity contribution is 6.30. The summed E-state index contributed by atoms with van der Waals surface area (Å²) >= 11 is 5.89. The van der Waals surface area contributed by atoms with E-state index in [0.29, 0.717) is 28.8 Å². The van der Waals surface area contributed by atoms with E-state index in [9.17, 15) is 9.18 Å². The van der Waals surface area contributed by atoms with Crippen molar-refractivity contribution >= 4 is 29.3 Å². The van der Waals surface area contributed by atoms with Gasteiger partial charge in [-0.1, -0.05) is 29.8 Å². The first-order valence-corrected chi connectivity index (χ1v) is 9.21. The van der Waals surface area contributed by atoms with Gasteiger partial charge in [-0.05, 0) is 65.7 Å². The maximum absolute atomic E-state index is 12.9. The van der Waals surface area contributed by atoms with Gasteiger partial charge in [-0.3, -0.25) is 4.79 Å². The van der Waals surface area contributed by atoms with Crippen LogP contribution < -0.4 is 14.8 Å². The number of benzene rings is 3.